The minimum absolute atomic E-state index is 0.196. The summed E-state index contributed by atoms with van der Waals surface area (Å²) in [5.41, 5.74) is 5.55. The molecule has 1 aromatic heterocycles. The quantitative estimate of drug-likeness (QED) is 0.507. The number of nitrogens with zero attached hydrogens (tertiary/aromatic N) is 3. The van der Waals surface area contributed by atoms with Crippen molar-refractivity contribution in [3.63, 3.8) is 0 Å². The molecule has 1 aliphatic carbocycles. The van der Waals surface area contributed by atoms with Crippen molar-refractivity contribution >= 4 is 11.6 Å². The summed E-state index contributed by atoms with van der Waals surface area (Å²) in [4.78, 5) is 8.88. The van der Waals surface area contributed by atoms with E-state index in [1.807, 2.05) is 48.5 Å². The molecular weight excluding hydrogens is 366 g/mol. The fraction of sp³-hybridized carbons (Fsp3) is 0.125. The molecule has 0 amide bonds. The van der Waals surface area contributed by atoms with Crippen LogP contribution in [0, 0.1) is 17.2 Å². The summed E-state index contributed by atoms with van der Waals surface area (Å²) in [5, 5.41) is 9.20. The zero-order chi connectivity index (χ0) is 19.5. The second-order valence-electron chi connectivity index (χ2n) is 6.87. The second kappa shape index (κ2) is 7.80. The van der Waals surface area contributed by atoms with Gasteiger partial charge in [0, 0.05) is 11.5 Å². The van der Waals surface area contributed by atoms with Crippen LogP contribution < -0.4 is 0 Å². The van der Waals surface area contributed by atoms with Crippen LogP contribution in [0.15, 0.2) is 78.9 Å². The Morgan fingerprint density at radius 3 is 2.11 bits per heavy atom. The van der Waals surface area contributed by atoms with Crippen molar-refractivity contribution in [2.75, 3.05) is 0 Å². The number of benzene rings is 2. The molecule has 0 radical (unpaired) electrons. The SMILES string of the molecule is CC1C=CC=CC1c1cc(-c2ccc(-c3ccc(C#N)cc3)cc2)nc(Cl)n1. The molecule has 2 unspecified atom stereocenters. The van der Waals surface area contributed by atoms with Crippen LogP contribution in [-0.4, -0.2) is 9.97 Å². The van der Waals surface area contributed by atoms with Gasteiger partial charge >= 0.3 is 0 Å². The third-order valence-corrected chi connectivity index (χ3v) is 5.17. The molecule has 0 bridgehead atoms. The third kappa shape index (κ3) is 3.74. The zero-order valence-electron chi connectivity index (χ0n) is 15.4. The van der Waals surface area contributed by atoms with E-state index in [1.165, 1.54) is 0 Å². The van der Waals surface area contributed by atoms with E-state index in [9.17, 15) is 0 Å². The molecule has 0 N–H and O–H groups in total. The molecule has 0 saturated heterocycles. The zero-order valence-corrected chi connectivity index (χ0v) is 16.1. The number of halogens is 1. The van der Waals surface area contributed by atoms with Gasteiger partial charge in [-0.25, -0.2) is 9.97 Å². The van der Waals surface area contributed by atoms with E-state index in [4.69, 9.17) is 16.9 Å². The van der Waals surface area contributed by atoms with E-state index in [2.05, 4.69) is 53.3 Å². The Balaban J connectivity index is 1.65. The minimum atomic E-state index is 0.196. The summed E-state index contributed by atoms with van der Waals surface area (Å²) in [6.07, 6.45) is 8.44. The topological polar surface area (TPSA) is 49.6 Å². The first-order valence-corrected chi connectivity index (χ1v) is 9.52. The highest BCUT2D eigenvalue weighted by Gasteiger charge is 2.19. The highest BCUT2D eigenvalue weighted by Crippen LogP contribution is 2.32. The van der Waals surface area contributed by atoms with Crippen molar-refractivity contribution in [2.45, 2.75) is 12.8 Å². The first kappa shape index (κ1) is 18.2. The van der Waals surface area contributed by atoms with Crippen LogP contribution in [0.3, 0.4) is 0 Å². The Hall–Kier alpha value is -3.22. The van der Waals surface area contributed by atoms with Crippen molar-refractivity contribution in [2.24, 2.45) is 5.92 Å². The smallest absolute Gasteiger partial charge is 0.222 e. The molecule has 0 fully saturated rings. The first-order chi connectivity index (χ1) is 13.6. The lowest BCUT2D eigenvalue weighted by atomic mass is 9.87. The fourth-order valence-electron chi connectivity index (χ4n) is 3.41. The van der Waals surface area contributed by atoms with Crippen molar-refractivity contribution in [1.29, 1.82) is 5.26 Å². The molecule has 1 aliphatic rings. The summed E-state index contributed by atoms with van der Waals surface area (Å²) in [6, 6.07) is 19.9. The van der Waals surface area contributed by atoms with Gasteiger partial charge in [0.25, 0.3) is 0 Å². The van der Waals surface area contributed by atoms with Crippen LogP contribution in [0.5, 0.6) is 0 Å². The van der Waals surface area contributed by atoms with E-state index >= 15 is 0 Å². The number of hydrogen-bond acceptors (Lipinski definition) is 3. The Kier molecular flexibility index (Phi) is 5.06. The second-order valence-corrected chi connectivity index (χ2v) is 7.21. The van der Waals surface area contributed by atoms with Gasteiger partial charge in [-0.3, -0.25) is 0 Å². The van der Waals surface area contributed by atoms with Gasteiger partial charge in [0.15, 0.2) is 0 Å². The molecule has 1 heterocycles. The first-order valence-electron chi connectivity index (χ1n) is 9.14. The number of hydrogen-bond donors (Lipinski definition) is 0. The van der Waals surface area contributed by atoms with Crippen molar-refractivity contribution in [3.05, 3.63) is 95.4 Å². The average Bonchev–Trinajstić information content (AvgIpc) is 2.74. The molecule has 4 rings (SSSR count). The standard InChI is InChI=1S/C24H18ClN3/c1-16-4-2-3-5-21(16)23-14-22(27-24(25)28-23)20-12-10-19(11-13-20)18-8-6-17(15-26)7-9-18/h2-14,16,21H,1H3. The predicted octanol–water partition coefficient (Wildman–Crippen LogP) is 6.18. The van der Waals surface area contributed by atoms with E-state index < -0.39 is 0 Å². The van der Waals surface area contributed by atoms with Crippen LogP contribution in [-0.2, 0) is 0 Å². The fourth-order valence-corrected chi connectivity index (χ4v) is 3.60. The van der Waals surface area contributed by atoms with Crippen molar-refractivity contribution in [3.8, 4) is 28.5 Å². The molecular formula is C24H18ClN3. The molecule has 28 heavy (non-hydrogen) atoms. The van der Waals surface area contributed by atoms with Crippen LogP contribution >= 0.6 is 11.6 Å². The Morgan fingerprint density at radius 1 is 0.857 bits per heavy atom. The lowest BCUT2D eigenvalue weighted by molar-refractivity contribution is 0.619. The maximum absolute atomic E-state index is 8.94. The number of rotatable bonds is 3. The molecule has 3 aromatic rings. The predicted molar refractivity (Wildman–Crippen MR) is 113 cm³/mol. The Bertz CT molecular complexity index is 1090. The monoisotopic (exact) mass is 383 g/mol. The van der Waals surface area contributed by atoms with Crippen molar-refractivity contribution in [1.82, 2.24) is 9.97 Å². The van der Waals surface area contributed by atoms with Crippen LogP contribution in [0.1, 0.15) is 24.1 Å². The summed E-state index contributed by atoms with van der Waals surface area (Å²) in [6.45, 7) is 2.17. The maximum Gasteiger partial charge on any atom is 0.223 e. The summed E-state index contributed by atoms with van der Waals surface area (Å²) in [5.74, 6) is 0.560. The van der Waals surface area contributed by atoms with Crippen LogP contribution in [0.4, 0.5) is 0 Å². The van der Waals surface area contributed by atoms with Gasteiger partial charge < -0.3 is 0 Å². The van der Waals surface area contributed by atoms with E-state index in [-0.39, 0.29) is 11.2 Å². The summed E-state index contributed by atoms with van der Waals surface area (Å²) >= 11 is 6.23. The summed E-state index contributed by atoms with van der Waals surface area (Å²) in [7, 11) is 0. The van der Waals surface area contributed by atoms with Crippen molar-refractivity contribution < 1.29 is 0 Å². The average molecular weight is 384 g/mol. The maximum atomic E-state index is 8.94. The highest BCUT2D eigenvalue weighted by molar-refractivity contribution is 6.28. The van der Waals surface area contributed by atoms with Gasteiger partial charge in [0.1, 0.15) is 0 Å². The molecule has 0 spiro atoms. The molecule has 2 atom stereocenters. The van der Waals surface area contributed by atoms with Gasteiger partial charge in [-0.05, 0) is 46.8 Å². The van der Waals surface area contributed by atoms with Gasteiger partial charge in [0.2, 0.25) is 5.28 Å². The van der Waals surface area contributed by atoms with Gasteiger partial charge in [-0.2, -0.15) is 5.26 Å². The van der Waals surface area contributed by atoms with Gasteiger partial charge in [0.05, 0.1) is 23.0 Å². The molecule has 0 aliphatic heterocycles. The molecule has 136 valence electrons. The Labute approximate surface area is 169 Å². The molecule has 0 saturated carbocycles. The van der Waals surface area contributed by atoms with E-state index in [0.717, 1.165) is 28.1 Å². The van der Waals surface area contributed by atoms with E-state index in [1.54, 1.807) is 0 Å². The third-order valence-electron chi connectivity index (χ3n) is 5.00. The summed E-state index contributed by atoms with van der Waals surface area (Å²) < 4.78 is 0. The number of aromatic nitrogens is 2. The molecule has 4 heteroatoms. The van der Waals surface area contributed by atoms with Crippen LogP contribution in [0.2, 0.25) is 5.28 Å². The minimum Gasteiger partial charge on any atom is -0.222 e. The van der Waals surface area contributed by atoms with Gasteiger partial charge in [-0.1, -0.05) is 67.6 Å². The Morgan fingerprint density at radius 2 is 1.46 bits per heavy atom. The highest BCUT2D eigenvalue weighted by atomic mass is 35.5. The lowest BCUT2D eigenvalue weighted by Gasteiger charge is -2.20. The molecule has 2 aromatic carbocycles. The van der Waals surface area contributed by atoms with Crippen LogP contribution in [0.25, 0.3) is 22.4 Å². The van der Waals surface area contributed by atoms with E-state index in [0.29, 0.717) is 11.5 Å². The largest absolute Gasteiger partial charge is 0.223 e. The number of allylic oxidation sites excluding steroid dienone is 4. The normalized spacial score (nSPS) is 18.0. The molecule has 3 nitrogen and oxygen atoms in total. The van der Waals surface area contributed by atoms with Gasteiger partial charge in [-0.15, -0.1) is 0 Å². The number of nitriles is 1. The lowest BCUT2D eigenvalue weighted by Crippen LogP contribution is -2.10.